The number of carbonyl (C=O) groups is 2. The summed E-state index contributed by atoms with van der Waals surface area (Å²) in [4.78, 5) is 21.9. The molecule has 7 nitrogen and oxygen atoms in total. The Hall–Kier alpha value is -1.79. The van der Waals surface area contributed by atoms with Crippen molar-refractivity contribution in [2.24, 2.45) is 16.6 Å². The molecule has 2 amide bonds. The third kappa shape index (κ3) is 6.30. The van der Waals surface area contributed by atoms with Crippen LogP contribution in [0.15, 0.2) is 5.16 Å². The van der Waals surface area contributed by atoms with E-state index in [2.05, 4.69) is 10.5 Å². The number of nitrogens with zero attached hydrogens (tertiary/aromatic N) is 1. The molecule has 0 unspecified atom stereocenters. The third-order valence-electron chi connectivity index (χ3n) is 1.56. The van der Waals surface area contributed by atoms with Crippen molar-refractivity contribution >= 4 is 17.6 Å². The molecule has 0 bridgehead atoms. The van der Waals surface area contributed by atoms with Crippen LogP contribution in [0.4, 0.5) is 0 Å². The third-order valence-corrected chi connectivity index (χ3v) is 1.56. The summed E-state index contributed by atoms with van der Waals surface area (Å²) in [6.45, 7) is 3.31. The highest BCUT2D eigenvalue weighted by Crippen LogP contribution is 2.07. The molecule has 15 heavy (non-hydrogen) atoms. The van der Waals surface area contributed by atoms with Gasteiger partial charge < -0.3 is 22.0 Å². The molecule has 0 aromatic rings. The largest absolute Gasteiger partial charge is 0.409 e. The Morgan fingerprint density at radius 3 is 2.33 bits per heavy atom. The van der Waals surface area contributed by atoms with Gasteiger partial charge in [-0.15, -0.1) is 0 Å². The summed E-state index contributed by atoms with van der Waals surface area (Å²) >= 11 is 0. The second-order valence-electron chi connectivity index (χ2n) is 3.84. The molecule has 86 valence electrons. The first-order chi connectivity index (χ1) is 6.76. The molecule has 0 aromatic carbocycles. The molecular formula is C8H16N4O3. The molecule has 6 N–H and O–H groups in total. The van der Waals surface area contributed by atoms with E-state index >= 15 is 0 Å². The van der Waals surface area contributed by atoms with Gasteiger partial charge in [0.05, 0.1) is 6.42 Å². The van der Waals surface area contributed by atoms with Crippen molar-refractivity contribution in [1.29, 1.82) is 0 Å². The number of rotatable bonds is 5. The zero-order chi connectivity index (χ0) is 12.1. The number of nitrogens with two attached hydrogens (primary N) is 2. The fourth-order valence-corrected chi connectivity index (χ4v) is 1.10. The number of nitrogens with one attached hydrogen (secondary N) is 1. The van der Waals surface area contributed by atoms with Crippen LogP contribution in [-0.2, 0) is 9.59 Å². The predicted molar refractivity (Wildman–Crippen MR) is 54.1 cm³/mol. The minimum Gasteiger partial charge on any atom is -0.409 e. The van der Waals surface area contributed by atoms with E-state index in [0.717, 1.165) is 0 Å². The van der Waals surface area contributed by atoms with E-state index in [1.165, 1.54) is 0 Å². The summed E-state index contributed by atoms with van der Waals surface area (Å²) in [5, 5.41) is 13.4. The van der Waals surface area contributed by atoms with Crippen molar-refractivity contribution < 1.29 is 14.8 Å². The number of amidine groups is 1. The first-order valence-corrected chi connectivity index (χ1v) is 4.32. The fourth-order valence-electron chi connectivity index (χ4n) is 1.10. The molecular weight excluding hydrogens is 200 g/mol. The van der Waals surface area contributed by atoms with Crippen LogP contribution in [0.2, 0.25) is 0 Å². The summed E-state index contributed by atoms with van der Waals surface area (Å²) < 4.78 is 0. The van der Waals surface area contributed by atoms with Gasteiger partial charge in [0, 0.05) is 12.0 Å². The normalized spacial score (nSPS) is 12.3. The van der Waals surface area contributed by atoms with Crippen LogP contribution in [0.3, 0.4) is 0 Å². The van der Waals surface area contributed by atoms with E-state index in [9.17, 15) is 9.59 Å². The van der Waals surface area contributed by atoms with Crippen molar-refractivity contribution in [1.82, 2.24) is 5.32 Å². The highest BCUT2D eigenvalue weighted by atomic mass is 16.4. The smallest absolute Gasteiger partial charge is 0.228 e. The molecule has 0 rings (SSSR count). The molecule has 0 saturated carbocycles. The summed E-state index contributed by atoms with van der Waals surface area (Å²) in [5.74, 6) is -1.14. The lowest BCUT2D eigenvalue weighted by Gasteiger charge is -2.24. The standard InChI is InChI=1S/C8H16N4O3/c1-8(2,4-6(10)13)11-7(14)3-5(9)12-15/h15H,3-4H2,1-2H3,(H2,9,12)(H2,10,13)(H,11,14). The van der Waals surface area contributed by atoms with Crippen LogP contribution in [-0.4, -0.2) is 28.4 Å². The minimum absolute atomic E-state index is 0.0227. The maximum atomic E-state index is 11.3. The van der Waals surface area contributed by atoms with Crippen molar-refractivity contribution in [3.05, 3.63) is 0 Å². The molecule has 0 atom stereocenters. The molecule has 0 radical (unpaired) electrons. The van der Waals surface area contributed by atoms with Gasteiger partial charge in [0.15, 0.2) is 0 Å². The molecule has 0 spiro atoms. The first-order valence-electron chi connectivity index (χ1n) is 4.32. The van der Waals surface area contributed by atoms with Crippen molar-refractivity contribution in [3.63, 3.8) is 0 Å². The Bertz CT molecular complexity index is 286. The lowest BCUT2D eigenvalue weighted by Crippen LogP contribution is -2.46. The van der Waals surface area contributed by atoms with E-state index < -0.39 is 17.4 Å². The minimum atomic E-state index is -0.737. The lowest BCUT2D eigenvalue weighted by molar-refractivity contribution is -0.123. The van der Waals surface area contributed by atoms with Crippen molar-refractivity contribution in [2.45, 2.75) is 32.2 Å². The van der Waals surface area contributed by atoms with E-state index in [1.54, 1.807) is 13.8 Å². The van der Waals surface area contributed by atoms with Crippen LogP contribution >= 0.6 is 0 Å². The summed E-state index contributed by atoms with van der Waals surface area (Å²) in [7, 11) is 0. The molecule has 0 aliphatic carbocycles. The Morgan fingerprint density at radius 2 is 1.93 bits per heavy atom. The van der Waals surface area contributed by atoms with Gasteiger partial charge in [-0.25, -0.2) is 0 Å². The number of hydrogen-bond acceptors (Lipinski definition) is 4. The van der Waals surface area contributed by atoms with E-state index in [1.807, 2.05) is 0 Å². The van der Waals surface area contributed by atoms with Crippen LogP contribution < -0.4 is 16.8 Å². The number of carbonyl (C=O) groups excluding carboxylic acids is 2. The molecule has 0 fully saturated rings. The van der Waals surface area contributed by atoms with E-state index in [-0.39, 0.29) is 18.7 Å². The van der Waals surface area contributed by atoms with Gasteiger partial charge in [-0.3, -0.25) is 9.59 Å². The zero-order valence-electron chi connectivity index (χ0n) is 8.78. The zero-order valence-corrected chi connectivity index (χ0v) is 8.78. The van der Waals surface area contributed by atoms with Gasteiger partial charge >= 0.3 is 0 Å². The maximum Gasteiger partial charge on any atom is 0.228 e. The van der Waals surface area contributed by atoms with Gasteiger partial charge in [-0.1, -0.05) is 5.16 Å². The Kier molecular flexibility index (Phi) is 4.56. The lowest BCUT2D eigenvalue weighted by atomic mass is 10.00. The quantitative estimate of drug-likeness (QED) is 0.201. The Labute approximate surface area is 87.5 Å². The maximum absolute atomic E-state index is 11.3. The average molecular weight is 216 g/mol. The van der Waals surface area contributed by atoms with Crippen LogP contribution in [0.25, 0.3) is 0 Å². The second kappa shape index (κ2) is 5.18. The van der Waals surface area contributed by atoms with Gasteiger partial charge in [0.1, 0.15) is 5.84 Å². The second-order valence-corrected chi connectivity index (χ2v) is 3.84. The van der Waals surface area contributed by atoms with Crippen molar-refractivity contribution in [3.8, 4) is 0 Å². The highest BCUT2D eigenvalue weighted by Gasteiger charge is 2.23. The fraction of sp³-hybridized carbons (Fsp3) is 0.625. The van der Waals surface area contributed by atoms with Crippen molar-refractivity contribution in [2.75, 3.05) is 0 Å². The molecule has 0 heterocycles. The van der Waals surface area contributed by atoms with Crippen LogP contribution in [0, 0.1) is 0 Å². The van der Waals surface area contributed by atoms with E-state index in [0.29, 0.717) is 0 Å². The van der Waals surface area contributed by atoms with Gasteiger partial charge in [0.25, 0.3) is 0 Å². The van der Waals surface area contributed by atoms with E-state index in [4.69, 9.17) is 16.7 Å². The van der Waals surface area contributed by atoms with Gasteiger partial charge in [-0.05, 0) is 13.8 Å². The number of amides is 2. The molecule has 0 aromatic heterocycles. The topological polar surface area (TPSA) is 131 Å². The monoisotopic (exact) mass is 216 g/mol. The molecule has 0 aliphatic rings. The van der Waals surface area contributed by atoms with Gasteiger partial charge in [-0.2, -0.15) is 0 Å². The molecule has 0 saturated heterocycles. The average Bonchev–Trinajstić information content (AvgIpc) is 1.99. The van der Waals surface area contributed by atoms with Crippen LogP contribution in [0.1, 0.15) is 26.7 Å². The summed E-state index contributed by atoms with van der Waals surface area (Å²) in [6, 6.07) is 0. The highest BCUT2D eigenvalue weighted by molar-refractivity contribution is 5.99. The molecule has 0 aliphatic heterocycles. The summed E-state index contributed by atoms with van der Waals surface area (Å²) in [5.41, 5.74) is 9.41. The molecule has 7 heteroatoms. The number of primary amides is 1. The SMILES string of the molecule is CC(C)(CC(N)=O)NC(=O)CC(N)=NO. The number of hydrogen-bond donors (Lipinski definition) is 4. The Morgan fingerprint density at radius 1 is 1.40 bits per heavy atom. The number of oxime groups is 1. The van der Waals surface area contributed by atoms with Crippen LogP contribution in [0.5, 0.6) is 0 Å². The first kappa shape index (κ1) is 13.2. The predicted octanol–water partition coefficient (Wildman–Crippen LogP) is -1.11. The summed E-state index contributed by atoms with van der Waals surface area (Å²) in [6.07, 6.45) is -0.201. The van der Waals surface area contributed by atoms with Gasteiger partial charge in [0.2, 0.25) is 11.8 Å². The Balaban J connectivity index is 4.21.